The summed E-state index contributed by atoms with van der Waals surface area (Å²) in [6.07, 6.45) is 2.45. The zero-order valence-corrected chi connectivity index (χ0v) is 16.8. The van der Waals surface area contributed by atoms with E-state index in [2.05, 4.69) is 22.1 Å². The zero-order chi connectivity index (χ0) is 22.2. The van der Waals surface area contributed by atoms with Crippen LogP contribution < -0.4 is 0 Å². The Morgan fingerprint density at radius 3 is 2.06 bits per heavy atom. The fourth-order valence-corrected chi connectivity index (χ4v) is 2.79. The fraction of sp³-hybridized carbons (Fsp3) is 0.160. The molecule has 154 valence electrons. The lowest BCUT2D eigenvalue weighted by Gasteiger charge is -2.03. The summed E-state index contributed by atoms with van der Waals surface area (Å²) < 4.78 is 42.1. The molecule has 0 aliphatic rings. The topological polar surface area (TPSA) is 48.5 Å². The second-order valence-electron chi connectivity index (χ2n) is 6.81. The second-order valence-corrected chi connectivity index (χ2v) is 6.81. The van der Waals surface area contributed by atoms with Crippen LogP contribution in [0.4, 0.5) is 24.5 Å². The molecular weight excluding hydrogens is 399 g/mol. The Morgan fingerprint density at radius 1 is 0.806 bits per heavy atom. The highest BCUT2D eigenvalue weighted by atomic mass is 19.1. The van der Waals surface area contributed by atoms with Gasteiger partial charge in [0.05, 0.1) is 22.5 Å². The van der Waals surface area contributed by atoms with E-state index in [-0.39, 0.29) is 16.8 Å². The van der Waals surface area contributed by atoms with Gasteiger partial charge >= 0.3 is 0 Å². The number of nitriles is 1. The molecule has 0 spiro atoms. The van der Waals surface area contributed by atoms with E-state index in [1.54, 1.807) is 30.3 Å². The maximum Gasteiger partial charge on any atom is 0.143 e. The molecule has 0 atom stereocenters. The van der Waals surface area contributed by atoms with Gasteiger partial charge in [-0.1, -0.05) is 25.2 Å². The lowest BCUT2D eigenvalue weighted by atomic mass is 10.0. The molecule has 3 aromatic carbocycles. The van der Waals surface area contributed by atoms with Crippen molar-refractivity contribution in [1.29, 1.82) is 5.26 Å². The smallest absolute Gasteiger partial charge is 0.143 e. The van der Waals surface area contributed by atoms with Gasteiger partial charge in [-0.3, -0.25) is 0 Å². The summed E-state index contributed by atoms with van der Waals surface area (Å²) in [6.45, 7) is 2.02. The van der Waals surface area contributed by atoms with Crippen LogP contribution in [0.1, 0.15) is 42.0 Å². The third kappa shape index (κ3) is 5.81. The first-order chi connectivity index (χ1) is 15.0. The summed E-state index contributed by atoms with van der Waals surface area (Å²) in [5.74, 6) is 3.30. The minimum atomic E-state index is -0.668. The van der Waals surface area contributed by atoms with Crippen molar-refractivity contribution in [3.05, 3.63) is 94.3 Å². The number of rotatable bonds is 5. The van der Waals surface area contributed by atoms with Crippen molar-refractivity contribution < 1.29 is 13.2 Å². The van der Waals surface area contributed by atoms with Crippen LogP contribution in [0.2, 0.25) is 0 Å². The standard InChI is InChI=1S/C25H18F3N3/c1-2-3-4-18-13-24(27)22(25(28)14-18)12-7-17-5-9-20(10-6-17)30-31-21-11-8-19(16-29)23(26)15-21/h5-6,8-11,13-15H,2-4H2,1H3. The molecule has 0 aromatic heterocycles. The third-order valence-electron chi connectivity index (χ3n) is 4.47. The molecule has 0 bridgehead atoms. The van der Waals surface area contributed by atoms with E-state index in [0.29, 0.717) is 23.2 Å². The van der Waals surface area contributed by atoms with Gasteiger partial charge in [0.25, 0.3) is 0 Å². The molecule has 0 saturated carbocycles. The summed E-state index contributed by atoms with van der Waals surface area (Å²) >= 11 is 0. The van der Waals surface area contributed by atoms with Gasteiger partial charge in [-0.2, -0.15) is 15.5 Å². The Hall–Kier alpha value is -3.90. The highest BCUT2D eigenvalue weighted by molar-refractivity contribution is 5.49. The fourth-order valence-electron chi connectivity index (χ4n) is 2.79. The average Bonchev–Trinajstić information content (AvgIpc) is 2.76. The minimum absolute atomic E-state index is 0.0645. The van der Waals surface area contributed by atoms with Crippen LogP contribution in [0.15, 0.2) is 64.8 Å². The highest BCUT2D eigenvalue weighted by Crippen LogP contribution is 2.21. The first-order valence-electron chi connectivity index (χ1n) is 9.71. The van der Waals surface area contributed by atoms with Crippen LogP contribution in [0.5, 0.6) is 0 Å². The van der Waals surface area contributed by atoms with E-state index in [1.165, 1.54) is 24.3 Å². The van der Waals surface area contributed by atoms with Crippen molar-refractivity contribution in [3.8, 4) is 17.9 Å². The Kier molecular flexibility index (Phi) is 7.19. The van der Waals surface area contributed by atoms with Crippen LogP contribution in [0.3, 0.4) is 0 Å². The molecule has 6 heteroatoms. The van der Waals surface area contributed by atoms with Gasteiger partial charge in [-0.25, -0.2) is 13.2 Å². The Labute approximate surface area is 178 Å². The monoisotopic (exact) mass is 417 g/mol. The van der Waals surface area contributed by atoms with Gasteiger partial charge in [-0.15, -0.1) is 0 Å². The molecule has 0 unspecified atom stereocenters. The SMILES string of the molecule is CCCCc1cc(F)c(C#Cc2ccc(N=Nc3ccc(C#N)c(F)c3)cc2)c(F)c1. The highest BCUT2D eigenvalue weighted by Gasteiger charge is 2.09. The third-order valence-corrected chi connectivity index (χ3v) is 4.47. The molecule has 0 heterocycles. The Bertz CT molecular complexity index is 1190. The molecule has 0 radical (unpaired) electrons. The maximum atomic E-state index is 14.2. The zero-order valence-electron chi connectivity index (χ0n) is 16.8. The molecule has 3 nitrogen and oxygen atoms in total. The van der Waals surface area contributed by atoms with Gasteiger partial charge in [0.15, 0.2) is 0 Å². The molecule has 0 aliphatic carbocycles. The van der Waals surface area contributed by atoms with E-state index in [1.807, 2.05) is 6.92 Å². The van der Waals surface area contributed by atoms with Gasteiger partial charge < -0.3 is 0 Å². The number of azo groups is 1. The molecule has 0 N–H and O–H groups in total. The summed E-state index contributed by atoms with van der Waals surface area (Å²) in [5.41, 5.74) is 1.62. The number of hydrogen-bond donors (Lipinski definition) is 0. The predicted molar refractivity (Wildman–Crippen MR) is 113 cm³/mol. The normalized spacial score (nSPS) is 10.5. The van der Waals surface area contributed by atoms with E-state index >= 15 is 0 Å². The molecule has 0 amide bonds. The van der Waals surface area contributed by atoms with E-state index < -0.39 is 17.5 Å². The van der Waals surface area contributed by atoms with Crippen molar-refractivity contribution in [1.82, 2.24) is 0 Å². The molecule has 3 rings (SSSR count). The summed E-state index contributed by atoms with van der Waals surface area (Å²) in [7, 11) is 0. The van der Waals surface area contributed by atoms with Gasteiger partial charge in [0.1, 0.15) is 23.5 Å². The number of nitrogens with zero attached hydrogens (tertiary/aromatic N) is 3. The first-order valence-corrected chi connectivity index (χ1v) is 9.71. The number of unbranched alkanes of at least 4 members (excludes halogenated alkanes) is 1. The van der Waals surface area contributed by atoms with Crippen LogP contribution >= 0.6 is 0 Å². The summed E-state index contributed by atoms with van der Waals surface area (Å²) in [6, 6.07) is 14.9. The van der Waals surface area contributed by atoms with Gasteiger partial charge in [0.2, 0.25) is 0 Å². The van der Waals surface area contributed by atoms with Crippen molar-refractivity contribution in [2.75, 3.05) is 0 Å². The van der Waals surface area contributed by atoms with Crippen LogP contribution in [-0.4, -0.2) is 0 Å². The number of aryl methyl sites for hydroxylation is 1. The number of hydrogen-bond acceptors (Lipinski definition) is 3. The lowest BCUT2D eigenvalue weighted by molar-refractivity contribution is 0.572. The van der Waals surface area contributed by atoms with E-state index in [4.69, 9.17) is 5.26 Å². The van der Waals surface area contributed by atoms with E-state index in [9.17, 15) is 13.2 Å². The van der Waals surface area contributed by atoms with Crippen LogP contribution in [0, 0.1) is 40.6 Å². The molecule has 3 aromatic rings. The predicted octanol–water partition coefficient (Wildman–Crippen LogP) is 7.13. The number of benzene rings is 3. The van der Waals surface area contributed by atoms with Gasteiger partial charge in [-0.05, 0) is 66.9 Å². The van der Waals surface area contributed by atoms with Crippen LogP contribution in [0.25, 0.3) is 0 Å². The van der Waals surface area contributed by atoms with Crippen molar-refractivity contribution in [3.63, 3.8) is 0 Å². The molecule has 0 saturated heterocycles. The molecule has 0 fully saturated rings. The van der Waals surface area contributed by atoms with Crippen molar-refractivity contribution >= 4 is 11.4 Å². The Balaban J connectivity index is 1.73. The second kappa shape index (κ2) is 10.2. The lowest BCUT2D eigenvalue weighted by Crippen LogP contribution is -1.95. The minimum Gasteiger partial charge on any atom is -0.206 e. The Morgan fingerprint density at radius 2 is 1.45 bits per heavy atom. The van der Waals surface area contributed by atoms with Crippen molar-refractivity contribution in [2.45, 2.75) is 26.2 Å². The van der Waals surface area contributed by atoms with Crippen molar-refractivity contribution in [2.24, 2.45) is 10.2 Å². The molecule has 0 aliphatic heterocycles. The maximum absolute atomic E-state index is 14.2. The molecular formula is C25H18F3N3. The van der Waals surface area contributed by atoms with Gasteiger partial charge in [0, 0.05) is 11.6 Å². The van der Waals surface area contributed by atoms with Crippen LogP contribution in [-0.2, 0) is 6.42 Å². The quantitative estimate of drug-likeness (QED) is 0.322. The largest absolute Gasteiger partial charge is 0.206 e. The van der Waals surface area contributed by atoms with E-state index in [0.717, 1.165) is 18.9 Å². The molecule has 31 heavy (non-hydrogen) atoms. The summed E-state index contributed by atoms with van der Waals surface area (Å²) in [5, 5.41) is 16.7. The summed E-state index contributed by atoms with van der Waals surface area (Å²) in [4.78, 5) is 0. The number of halogens is 3. The first kappa shape index (κ1) is 21.8. The average molecular weight is 417 g/mol.